The maximum atomic E-state index is 13.7. The van der Waals surface area contributed by atoms with E-state index in [1.807, 2.05) is 12.1 Å². The van der Waals surface area contributed by atoms with Crippen LogP contribution in [0.2, 0.25) is 0 Å². The molecule has 1 aromatic carbocycles. The zero-order valence-electron chi connectivity index (χ0n) is 8.92. The lowest BCUT2D eigenvalue weighted by Gasteiger charge is -2.12. The molecule has 0 aromatic heterocycles. The third-order valence-electron chi connectivity index (χ3n) is 2.81. The normalized spacial score (nSPS) is 20.8. The Labute approximate surface area is 89.4 Å². The zero-order valence-corrected chi connectivity index (χ0v) is 8.92. The lowest BCUT2D eigenvalue weighted by Crippen LogP contribution is -2.14. The van der Waals surface area contributed by atoms with Gasteiger partial charge in [0.25, 0.3) is 0 Å². The summed E-state index contributed by atoms with van der Waals surface area (Å²) in [6.45, 7) is 1.46. The smallest absolute Gasteiger partial charge is 0.128 e. The van der Waals surface area contributed by atoms with Gasteiger partial charge in [-0.05, 0) is 31.0 Å². The summed E-state index contributed by atoms with van der Waals surface area (Å²) in [6.07, 6.45) is 2.16. The van der Waals surface area contributed by atoms with Crippen LogP contribution in [0.4, 0.5) is 4.39 Å². The fourth-order valence-electron chi connectivity index (χ4n) is 2.06. The highest BCUT2D eigenvalue weighted by molar-refractivity contribution is 5.27. The number of benzene rings is 1. The van der Waals surface area contributed by atoms with Gasteiger partial charge < -0.3 is 10.1 Å². The van der Waals surface area contributed by atoms with E-state index in [-0.39, 0.29) is 11.9 Å². The lowest BCUT2D eigenvalue weighted by molar-refractivity contribution is 0.184. The summed E-state index contributed by atoms with van der Waals surface area (Å²) in [5.41, 5.74) is 1.67. The highest BCUT2D eigenvalue weighted by atomic mass is 19.1. The Kier molecular flexibility index (Phi) is 3.34. The van der Waals surface area contributed by atoms with E-state index in [1.165, 1.54) is 0 Å². The van der Waals surface area contributed by atoms with Crippen LogP contribution in [0.25, 0.3) is 0 Å². The number of halogens is 1. The van der Waals surface area contributed by atoms with Crippen LogP contribution in [0.5, 0.6) is 0 Å². The largest absolute Gasteiger partial charge is 0.380 e. The first kappa shape index (κ1) is 10.6. The third-order valence-corrected chi connectivity index (χ3v) is 2.81. The molecule has 15 heavy (non-hydrogen) atoms. The summed E-state index contributed by atoms with van der Waals surface area (Å²) in [4.78, 5) is 0. The van der Waals surface area contributed by atoms with Gasteiger partial charge in [-0.25, -0.2) is 4.39 Å². The van der Waals surface area contributed by atoms with Gasteiger partial charge in [-0.2, -0.15) is 0 Å². The van der Waals surface area contributed by atoms with Crippen molar-refractivity contribution in [2.45, 2.75) is 25.5 Å². The molecule has 0 radical (unpaired) electrons. The van der Waals surface area contributed by atoms with Crippen molar-refractivity contribution in [2.75, 3.05) is 13.7 Å². The number of methoxy groups -OCH3 is 1. The van der Waals surface area contributed by atoms with Gasteiger partial charge in [0.1, 0.15) is 5.82 Å². The second-order valence-corrected chi connectivity index (χ2v) is 3.94. The van der Waals surface area contributed by atoms with Gasteiger partial charge in [0.05, 0.1) is 6.61 Å². The fourth-order valence-corrected chi connectivity index (χ4v) is 2.06. The molecule has 1 saturated heterocycles. The molecule has 1 aromatic rings. The van der Waals surface area contributed by atoms with E-state index in [1.54, 1.807) is 13.2 Å². The van der Waals surface area contributed by atoms with Crippen molar-refractivity contribution < 1.29 is 9.13 Å². The Hall–Kier alpha value is -0.930. The van der Waals surface area contributed by atoms with E-state index in [2.05, 4.69) is 5.32 Å². The van der Waals surface area contributed by atoms with E-state index in [4.69, 9.17) is 4.74 Å². The predicted molar refractivity (Wildman–Crippen MR) is 57.1 cm³/mol. The fraction of sp³-hybridized carbons (Fsp3) is 0.500. The van der Waals surface area contributed by atoms with Gasteiger partial charge in [0, 0.05) is 18.7 Å². The Morgan fingerprint density at radius 3 is 3.00 bits per heavy atom. The third kappa shape index (κ3) is 2.36. The van der Waals surface area contributed by atoms with E-state index in [9.17, 15) is 4.39 Å². The van der Waals surface area contributed by atoms with Crippen LogP contribution >= 0.6 is 0 Å². The molecule has 1 N–H and O–H groups in total. The highest BCUT2D eigenvalue weighted by Gasteiger charge is 2.19. The molecule has 1 unspecified atom stereocenters. The SMILES string of the molecule is COCc1ccc(C2CCCN2)c(F)c1. The molecule has 2 rings (SSSR count). The van der Waals surface area contributed by atoms with Gasteiger partial charge in [0.15, 0.2) is 0 Å². The first-order valence-corrected chi connectivity index (χ1v) is 5.32. The molecule has 0 bridgehead atoms. The molecule has 0 aliphatic carbocycles. The molecule has 82 valence electrons. The average Bonchev–Trinajstić information content (AvgIpc) is 2.71. The van der Waals surface area contributed by atoms with E-state index >= 15 is 0 Å². The van der Waals surface area contributed by atoms with Crippen molar-refractivity contribution in [2.24, 2.45) is 0 Å². The number of ether oxygens (including phenoxy) is 1. The number of rotatable bonds is 3. The molecule has 0 amide bonds. The molecule has 1 fully saturated rings. The first-order chi connectivity index (χ1) is 7.31. The van der Waals surface area contributed by atoms with Crippen molar-refractivity contribution in [3.63, 3.8) is 0 Å². The van der Waals surface area contributed by atoms with E-state index in [0.717, 1.165) is 30.5 Å². The van der Waals surface area contributed by atoms with Crippen molar-refractivity contribution in [3.8, 4) is 0 Å². The van der Waals surface area contributed by atoms with Crippen molar-refractivity contribution in [1.29, 1.82) is 0 Å². The average molecular weight is 209 g/mol. The maximum Gasteiger partial charge on any atom is 0.128 e. The monoisotopic (exact) mass is 209 g/mol. The quantitative estimate of drug-likeness (QED) is 0.825. The Morgan fingerprint density at radius 2 is 2.40 bits per heavy atom. The van der Waals surface area contributed by atoms with Crippen LogP contribution in [-0.4, -0.2) is 13.7 Å². The lowest BCUT2D eigenvalue weighted by atomic mass is 10.0. The van der Waals surface area contributed by atoms with Crippen molar-refractivity contribution >= 4 is 0 Å². The number of hydrogen-bond donors (Lipinski definition) is 1. The van der Waals surface area contributed by atoms with Crippen LogP contribution in [-0.2, 0) is 11.3 Å². The molecule has 1 aliphatic heterocycles. The van der Waals surface area contributed by atoms with Crippen LogP contribution < -0.4 is 5.32 Å². The van der Waals surface area contributed by atoms with Crippen molar-refractivity contribution in [1.82, 2.24) is 5.32 Å². The predicted octanol–water partition coefficient (Wildman–Crippen LogP) is 2.40. The van der Waals surface area contributed by atoms with Gasteiger partial charge in [-0.3, -0.25) is 0 Å². The molecule has 3 heteroatoms. The minimum absolute atomic E-state index is 0.121. The number of nitrogens with one attached hydrogen (secondary N) is 1. The summed E-state index contributed by atoms with van der Waals surface area (Å²) in [7, 11) is 1.62. The van der Waals surface area contributed by atoms with Crippen molar-refractivity contribution in [3.05, 3.63) is 35.1 Å². The molecular weight excluding hydrogens is 193 g/mol. The maximum absolute atomic E-state index is 13.7. The van der Waals surface area contributed by atoms with Gasteiger partial charge >= 0.3 is 0 Å². The zero-order chi connectivity index (χ0) is 10.7. The minimum atomic E-state index is -0.121. The Balaban J connectivity index is 2.18. The molecular formula is C12H16FNO. The summed E-state index contributed by atoms with van der Waals surface area (Å²) in [5.74, 6) is -0.121. The molecule has 0 saturated carbocycles. The number of hydrogen-bond acceptors (Lipinski definition) is 2. The van der Waals surface area contributed by atoms with Crippen LogP contribution in [0.1, 0.15) is 30.0 Å². The van der Waals surface area contributed by atoms with Gasteiger partial charge in [0.2, 0.25) is 0 Å². The van der Waals surface area contributed by atoms with Gasteiger partial charge in [-0.1, -0.05) is 12.1 Å². The van der Waals surface area contributed by atoms with E-state index < -0.39 is 0 Å². The second-order valence-electron chi connectivity index (χ2n) is 3.94. The summed E-state index contributed by atoms with van der Waals surface area (Å²) in [6, 6.07) is 5.56. The van der Waals surface area contributed by atoms with Crippen LogP contribution in [0.3, 0.4) is 0 Å². The second kappa shape index (κ2) is 4.73. The molecule has 1 aliphatic rings. The topological polar surface area (TPSA) is 21.3 Å². The summed E-state index contributed by atoms with van der Waals surface area (Å²) in [5, 5.41) is 3.29. The molecule has 1 atom stereocenters. The molecule has 2 nitrogen and oxygen atoms in total. The minimum Gasteiger partial charge on any atom is -0.380 e. The van der Waals surface area contributed by atoms with E-state index in [0.29, 0.717) is 6.61 Å². The standard InChI is InChI=1S/C12H16FNO/c1-15-8-9-4-5-10(11(13)7-9)12-3-2-6-14-12/h4-5,7,12,14H,2-3,6,8H2,1H3. The Morgan fingerprint density at radius 1 is 1.53 bits per heavy atom. The first-order valence-electron chi connectivity index (χ1n) is 5.32. The summed E-state index contributed by atoms with van der Waals surface area (Å²) >= 11 is 0. The van der Waals surface area contributed by atoms with Crippen LogP contribution in [0, 0.1) is 5.82 Å². The molecule has 0 spiro atoms. The molecule has 1 heterocycles. The highest BCUT2D eigenvalue weighted by Crippen LogP contribution is 2.25. The van der Waals surface area contributed by atoms with Gasteiger partial charge in [-0.15, -0.1) is 0 Å². The Bertz CT molecular complexity index is 334. The summed E-state index contributed by atoms with van der Waals surface area (Å²) < 4.78 is 18.7. The van der Waals surface area contributed by atoms with Crippen LogP contribution in [0.15, 0.2) is 18.2 Å².